The molecule has 3 nitrogen and oxygen atoms in total. The molecule has 94 valence electrons. The van der Waals surface area contributed by atoms with Gasteiger partial charge in [0.2, 0.25) is 0 Å². The molecule has 0 aliphatic heterocycles. The second kappa shape index (κ2) is 6.07. The van der Waals surface area contributed by atoms with Gasteiger partial charge >= 0.3 is 0 Å². The van der Waals surface area contributed by atoms with Crippen molar-refractivity contribution in [3.63, 3.8) is 0 Å². The molecule has 18 heavy (non-hydrogen) atoms. The lowest BCUT2D eigenvalue weighted by atomic mass is 10.1. The minimum absolute atomic E-state index is 0.0760. The zero-order valence-electron chi connectivity index (χ0n) is 10.4. The average Bonchev–Trinajstić information content (AvgIpc) is 2.46. The highest BCUT2D eigenvalue weighted by Crippen LogP contribution is 2.16. The second-order valence-corrected chi connectivity index (χ2v) is 4.04. The predicted molar refractivity (Wildman–Crippen MR) is 72.7 cm³/mol. The minimum atomic E-state index is 0.0760. The Morgan fingerprint density at radius 1 is 0.944 bits per heavy atom. The van der Waals surface area contributed by atoms with Crippen LogP contribution in [0.2, 0.25) is 0 Å². The number of hydrogen-bond acceptors (Lipinski definition) is 3. The van der Waals surface area contributed by atoms with E-state index in [0.29, 0.717) is 6.61 Å². The molecule has 0 aliphatic carbocycles. The Hall–Kier alpha value is -2.00. The predicted octanol–water partition coefficient (Wildman–Crippen LogP) is 2.80. The van der Waals surface area contributed by atoms with Gasteiger partial charge in [-0.3, -0.25) is 0 Å². The molecule has 0 atom stereocenters. The van der Waals surface area contributed by atoms with Crippen molar-refractivity contribution < 1.29 is 9.84 Å². The van der Waals surface area contributed by atoms with Crippen LogP contribution in [-0.4, -0.2) is 12.2 Å². The van der Waals surface area contributed by atoms with Gasteiger partial charge in [0.1, 0.15) is 12.4 Å². The third-order valence-electron chi connectivity index (χ3n) is 2.75. The summed E-state index contributed by atoms with van der Waals surface area (Å²) in [6.45, 7) is 0.608. The fourth-order valence-electron chi connectivity index (χ4n) is 1.63. The molecule has 2 rings (SSSR count). The van der Waals surface area contributed by atoms with Gasteiger partial charge in [0.15, 0.2) is 0 Å². The van der Waals surface area contributed by atoms with E-state index in [2.05, 4.69) is 5.32 Å². The van der Waals surface area contributed by atoms with Crippen LogP contribution in [0.5, 0.6) is 5.75 Å². The zero-order valence-corrected chi connectivity index (χ0v) is 10.4. The van der Waals surface area contributed by atoms with E-state index in [9.17, 15) is 0 Å². The van der Waals surface area contributed by atoms with E-state index in [-0.39, 0.29) is 6.61 Å². The van der Waals surface area contributed by atoms with Crippen LogP contribution in [0.15, 0.2) is 48.5 Å². The number of ether oxygens (including phenoxy) is 1. The summed E-state index contributed by atoms with van der Waals surface area (Å²) in [5, 5.41) is 12.0. The van der Waals surface area contributed by atoms with Gasteiger partial charge in [-0.1, -0.05) is 24.3 Å². The number of benzene rings is 2. The molecule has 0 spiro atoms. The Labute approximate surface area is 107 Å². The molecule has 2 aromatic rings. The zero-order chi connectivity index (χ0) is 12.8. The molecule has 0 saturated carbocycles. The van der Waals surface area contributed by atoms with Crippen molar-refractivity contribution in [2.75, 3.05) is 12.4 Å². The Kier molecular flexibility index (Phi) is 4.20. The highest BCUT2D eigenvalue weighted by Gasteiger charge is 1.97. The molecule has 0 saturated heterocycles. The van der Waals surface area contributed by atoms with Crippen LogP contribution < -0.4 is 10.1 Å². The number of aliphatic hydroxyl groups is 1. The summed E-state index contributed by atoms with van der Waals surface area (Å²) >= 11 is 0. The Balaban J connectivity index is 1.93. The molecule has 0 aliphatic rings. The van der Waals surface area contributed by atoms with Gasteiger partial charge in [0.05, 0.1) is 6.61 Å². The fourth-order valence-corrected chi connectivity index (χ4v) is 1.63. The van der Waals surface area contributed by atoms with Crippen LogP contribution in [-0.2, 0) is 13.2 Å². The van der Waals surface area contributed by atoms with Crippen molar-refractivity contribution in [2.24, 2.45) is 0 Å². The van der Waals surface area contributed by atoms with Gasteiger partial charge in [0, 0.05) is 12.7 Å². The maximum absolute atomic E-state index is 8.95. The molecular formula is C15H17NO2. The smallest absolute Gasteiger partial charge is 0.119 e. The quantitative estimate of drug-likeness (QED) is 0.848. The van der Waals surface area contributed by atoms with Gasteiger partial charge < -0.3 is 15.2 Å². The topological polar surface area (TPSA) is 41.5 Å². The summed E-state index contributed by atoms with van der Waals surface area (Å²) < 4.78 is 5.67. The fraction of sp³-hybridized carbons (Fsp3) is 0.200. The van der Waals surface area contributed by atoms with Gasteiger partial charge in [0.25, 0.3) is 0 Å². The van der Waals surface area contributed by atoms with Crippen molar-refractivity contribution in [3.8, 4) is 5.75 Å². The van der Waals surface area contributed by atoms with Crippen LogP contribution in [0.1, 0.15) is 11.1 Å². The monoisotopic (exact) mass is 243 g/mol. The third-order valence-corrected chi connectivity index (χ3v) is 2.75. The van der Waals surface area contributed by atoms with E-state index < -0.39 is 0 Å². The maximum Gasteiger partial charge on any atom is 0.119 e. The summed E-state index contributed by atoms with van der Waals surface area (Å²) in [6, 6.07) is 15.6. The molecule has 2 N–H and O–H groups in total. The molecule has 0 amide bonds. The summed E-state index contributed by atoms with van der Waals surface area (Å²) in [4.78, 5) is 0. The number of rotatable bonds is 5. The number of nitrogens with one attached hydrogen (secondary N) is 1. The summed E-state index contributed by atoms with van der Waals surface area (Å²) in [7, 11) is 1.89. The van der Waals surface area contributed by atoms with Crippen LogP contribution in [0.25, 0.3) is 0 Å². The van der Waals surface area contributed by atoms with Gasteiger partial charge in [-0.15, -0.1) is 0 Å². The maximum atomic E-state index is 8.95. The van der Waals surface area contributed by atoms with E-state index in [0.717, 1.165) is 22.6 Å². The molecule has 0 radical (unpaired) electrons. The lowest BCUT2D eigenvalue weighted by Crippen LogP contribution is -1.96. The molecule has 2 aromatic carbocycles. The lowest BCUT2D eigenvalue weighted by Gasteiger charge is -2.07. The first-order valence-electron chi connectivity index (χ1n) is 5.91. The van der Waals surface area contributed by atoms with Crippen molar-refractivity contribution >= 4 is 5.69 Å². The highest BCUT2D eigenvalue weighted by atomic mass is 16.5. The number of aliphatic hydroxyl groups excluding tert-OH is 1. The highest BCUT2D eigenvalue weighted by molar-refractivity contribution is 5.45. The molecule has 0 aromatic heterocycles. The third kappa shape index (κ3) is 3.25. The largest absolute Gasteiger partial charge is 0.489 e. The summed E-state index contributed by atoms with van der Waals surface area (Å²) in [6.07, 6.45) is 0. The minimum Gasteiger partial charge on any atom is -0.489 e. The normalized spacial score (nSPS) is 10.1. The summed E-state index contributed by atoms with van der Waals surface area (Å²) in [5.41, 5.74) is 3.07. The van der Waals surface area contributed by atoms with Crippen molar-refractivity contribution in [1.82, 2.24) is 0 Å². The van der Waals surface area contributed by atoms with Gasteiger partial charge in [-0.2, -0.15) is 0 Å². The van der Waals surface area contributed by atoms with Crippen molar-refractivity contribution in [3.05, 3.63) is 59.7 Å². The second-order valence-electron chi connectivity index (χ2n) is 4.04. The summed E-state index contributed by atoms with van der Waals surface area (Å²) in [5.74, 6) is 0.847. The van der Waals surface area contributed by atoms with Gasteiger partial charge in [-0.05, 0) is 35.4 Å². The Morgan fingerprint density at radius 2 is 1.56 bits per heavy atom. The molecular weight excluding hydrogens is 226 g/mol. The first-order chi connectivity index (χ1) is 8.81. The van der Waals surface area contributed by atoms with Gasteiger partial charge in [-0.25, -0.2) is 0 Å². The van der Waals surface area contributed by atoms with Crippen LogP contribution in [0, 0.1) is 0 Å². The SMILES string of the molecule is CNc1ccc(OCc2ccc(CO)cc2)cc1. The van der Waals surface area contributed by atoms with Crippen LogP contribution in [0.3, 0.4) is 0 Å². The van der Waals surface area contributed by atoms with Crippen molar-refractivity contribution in [1.29, 1.82) is 0 Å². The molecule has 0 fully saturated rings. The average molecular weight is 243 g/mol. The van der Waals surface area contributed by atoms with E-state index in [1.807, 2.05) is 55.6 Å². The van der Waals surface area contributed by atoms with E-state index in [1.165, 1.54) is 0 Å². The van der Waals surface area contributed by atoms with E-state index in [1.54, 1.807) is 0 Å². The van der Waals surface area contributed by atoms with Crippen LogP contribution in [0.4, 0.5) is 5.69 Å². The van der Waals surface area contributed by atoms with E-state index >= 15 is 0 Å². The van der Waals surface area contributed by atoms with Crippen LogP contribution >= 0.6 is 0 Å². The number of hydrogen-bond donors (Lipinski definition) is 2. The number of anilines is 1. The Morgan fingerprint density at radius 3 is 2.11 bits per heavy atom. The lowest BCUT2D eigenvalue weighted by molar-refractivity contribution is 0.281. The molecule has 3 heteroatoms. The first-order valence-corrected chi connectivity index (χ1v) is 5.91. The Bertz CT molecular complexity index is 429. The molecule has 0 unspecified atom stereocenters. The first kappa shape index (κ1) is 12.5. The molecule has 0 heterocycles. The molecule has 0 bridgehead atoms. The van der Waals surface area contributed by atoms with E-state index in [4.69, 9.17) is 9.84 Å². The van der Waals surface area contributed by atoms with Crippen molar-refractivity contribution in [2.45, 2.75) is 13.2 Å². The standard InChI is InChI=1S/C15H17NO2/c1-16-14-6-8-15(9-7-14)18-11-13-4-2-12(10-17)3-5-13/h2-9,16-17H,10-11H2,1H3.